The number of carboxylic acids is 1. The van der Waals surface area contributed by atoms with Gasteiger partial charge < -0.3 is 5.11 Å². The lowest BCUT2D eigenvalue weighted by molar-refractivity contribution is -0.142. The predicted molar refractivity (Wildman–Crippen MR) is 68.0 cm³/mol. The highest BCUT2D eigenvalue weighted by Gasteiger charge is 2.41. The summed E-state index contributed by atoms with van der Waals surface area (Å²) in [5.41, 5.74) is -0.182. The molecule has 0 spiro atoms. The van der Waals surface area contributed by atoms with Gasteiger partial charge in [0, 0.05) is 19.3 Å². The fraction of sp³-hybridized carbons (Fsp3) is 0.417. The van der Waals surface area contributed by atoms with Crippen LogP contribution < -0.4 is 0 Å². The highest BCUT2D eigenvalue weighted by molar-refractivity contribution is 7.89. The van der Waals surface area contributed by atoms with Gasteiger partial charge in [0.15, 0.2) is 5.69 Å². The molecule has 2 rings (SSSR count). The van der Waals surface area contributed by atoms with Crippen molar-refractivity contribution >= 4 is 16.0 Å². The molecule has 1 aliphatic heterocycles. The summed E-state index contributed by atoms with van der Waals surface area (Å²) in [6, 6.07) is 4.47. The van der Waals surface area contributed by atoms with Crippen LogP contribution in [0.4, 0.5) is 0 Å². The third-order valence-corrected chi connectivity index (χ3v) is 5.25. The fourth-order valence-electron chi connectivity index (χ4n) is 2.26. The van der Waals surface area contributed by atoms with Crippen LogP contribution in [0.1, 0.15) is 12.6 Å². The van der Waals surface area contributed by atoms with Crippen molar-refractivity contribution in [3.8, 4) is 6.07 Å². The molecule has 1 N–H and O–H groups in total. The van der Waals surface area contributed by atoms with Gasteiger partial charge in [0.05, 0.1) is 5.92 Å². The topological polar surface area (TPSA) is 111 Å². The summed E-state index contributed by atoms with van der Waals surface area (Å²) in [5.74, 6) is -2.02. The van der Waals surface area contributed by atoms with Crippen molar-refractivity contribution in [1.29, 1.82) is 5.26 Å². The number of hydrogen-bond donors (Lipinski definition) is 1. The number of sulfonamides is 1. The maximum atomic E-state index is 12.5. The number of hydrogen-bond acceptors (Lipinski definition) is 5. The summed E-state index contributed by atoms with van der Waals surface area (Å²) >= 11 is 0. The van der Waals surface area contributed by atoms with E-state index >= 15 is 0 Å². The summed E-state index contributed by atoms with van der Waals surface area (Å²) in [4.78, 5) is 14.6. The zero-order chi connectivity index (χ0) is 14.9. The summed E-state index contributed by atoms with van der Waals surface area (Å²) < 4.78 is 26.0. The van der Waals surface area contributed by atoms with Gasteiger partial charge in [0.25, 0.3) is 0 Å². The molecule has 0 amide bonds. The van der Waals surface area contributed by atoms with Gasteiger partial charge in [0.1, 0.15) is 11.0 Å². The van der Waals surface area contributed by atoms with E-state index in [-0.39, 0.29) is 29.6 Å². The molecular weight excluding hydrogens is 282 g/mol. The van der Waals surface area contributed by atoms with Crippen molar-refractivity contribution in [1.82, 2.24) is 9.29 Å². The van der Waals surface area contributed by atoms with E-state index in [2.05, 4.69) is 4.98 Å². The molecule has 2 heterocycles. The van der Waals surface area contributed by atoms with Crippen molar-refractivity contribution < 1.29 is 18.3 Å². The van der Waals surface area contributed by atoms with Gasteiger partial charge in [-0.15, -0.1) is 0 Å². The van der Waals surface area contributed by atoms with Crippen LogP contribution in [0.3, 0.4) is 0 Å². The zero-order valence-electron chi connectivity index (χ0n) is 10.7. The average molecular weight is 295 g/mol. The smallest absolute Gasteiger partial charge is 0.308 e. The van der Waals surface area contributed by atoms with Crippen LogP contribution in [0.25, 0.3) is 0 Å². The zero-order valence-corrected chi connectivity index (χ0v) is 11.5. The second kappa shape index (κ2) is 5.19. The van der Waals surface area contributed by atoms with E-state index in [0.717, 1.165) is 4.31 Å². The van der Waals surface area contributed by atoms with Gasteiger partial charge >= 0.3 is 5.97 Å². The summed E-state index contributed by atoms with van der Waals surface area (Å²) in [6.07, 6.45) is 1.34. The maximum Gasteiger partial charge on any atom is 0.308 e. The Morgan fingerprint density at radius 2 is 2.25 bits per heavy atom. The first-order valence-electron chi connectivity index (χ1n) is 5.96. The Labute approximate surface area is 116 Å². The van der Waals surface area contributed by atoms with E-state index in [1.165, 1.54) is 18.3 Å². The van der Waals surface area contributed by atoms with Crippen molar-refractivity contribution in [3.63, 3.8) is 0 Å². The minimum atomic E-state index is -3.90. The van der Waals surface area contributed by atoms with E-state index < -0.39 is 21.9 Å². The quantitative estimate of drug-likeness (QED) is 0.858. The first-order chi connectivity index (χ1) is 9.37. The minimum Gasteiger partial charge on any atom is -0.481 e. The SMILES string of the molecule is CC1CN(S(=O)(=O)c2cccnc2C#N)CC1C(=O)O. The summed E-state index contributed by atoms with van der Waals surface area (Å²) in [6.45, 7) is 1.74. The molecule has 8 heteroatoms. The summed E-state index contributed by atoms with van der Waals surface area (Å²) in [5, 5.41) is 18.0. The monoisotopic (exact) mass is 295 g/mol. The molecule has 0 saturated carbocycles. The van der Waals surface area contributed by atoms with Gasteiger partial charge in [0.2, 0.25) is 10.0 Å². The summed E-state index contributed by atoms with van der Waals surface area (Å²) in [7, 11) is -3.90. The Hall–Kier alpha value is -1.98. The molecule has 2 unspecified atom stereocenters. The van der Waals surface area contributed by atoms with Crippen LogP contribution in [0.15, 0.2) is 23.2 Å². The number of nitriles is 1. The second-order valence-corrected chi connectivity index (χ2v) is 6.61. The highest BCUT2D eigenvalue weighted by Crippen LogP contribution is 2.29. The van der Waals surface area contributed by atoms with Crippen LogP contribution in [0.2, 0.25) is 0 Å². The third kappa shape index (κ3) is 2.37. The number of aliphatic carboxylic acids is 1. The molecule has 1 saturated heterocycles. The van der Waals surface area contributed by atoms with Gasteiger partial charge in [-0.05, 0) is 18.1 Å². The molecule has 1 fully saturated rings. The lowest BCUT2D eigenvalue weighted by atomic mass is 9.99. The number of nitrogens with zero attached hydrogens (tertiary/aromatic N) is 3. The van der Waals surface area contributed by atoms with Gasteiger partial charge in [-0.25, -0.2) is 13.4 Å². The van der Waals surface area contributed by atoms with Crippen LogP contribution in [-0.4, -0.2) is 41.9 Å². The van der Waals surface area contributed by atoms with Gasteiger partial charge in [-0.1, -0.05) is 6.92 Å². The van der Waals surface area contributed by atoms with Crippen molar-refractivity contribution in [2.75, 3.05) is 13.1 Å². The van der Waals surface area contributed by atoms with Crippen molar-refractivity contribution in [3.05, 3.63) is 24.0 Å². The molecule has 20 heavy (non-hydrogen) atoms. The molecule has 0 aliphatic carbocycles. The van der Waals surface area contributed by atoms with E-state index in [9.17, 15) is 13.2 Å². The molecule has 7 nitrogen and oxygen atoms in total. The van der Waals surface area contributed by atoms with E-state index in [0.29, 0.717) is 0 Å². The number of pyridine rings is 1. The molecule has 106 valence electrons. The number of carbonyl (C=O) groups is 1. The Balaban J connectivity index is 2.38. The van der Waals surface area contributed by atoms with Crippen LogP contribution in [-0.2, 0) is 14.8 Å². The van der Waals surface area contributed by atoms with Crippen LogP contribution in [0.5, 0.6) is 0 Å². The molecule has 0 aromatic carbocycles. The molecule has 1 aromatic rings. The van der Waals surface area contributed by atoms with Crippen molar-refractivity contribution in [2.45, 2.75) is 11.8 Å². The first-order valence-corrected chi connectivity index (χ1v) is 7.40. The lowest BCUT2D eigenvalue weighted by Gasteiger charge is -2.16. The lowest BCUT2D eigenvalue weighted by Crippen LogP contribution is -2.30. The average Bonchev–Trinajstić information content (AvgIpc) is 2.81. The second-order valence-electron chi connectivity index (χ2n) is 4.71. The first kappa shape index (κ1) is 14.4. The van der Waals surface area contributed by atoms with Gasteiger partial charge in [-0.3, -0.25) is 4.79 Å². The Morgan fingerprint density at radius 1 is 1.55 bits per heavy atom. The molecule has 2 atom stereocenters. The van der Waals surface area contributed by atoms with Crippen LogP contribution in [0, 0.1) is 23.2 Å². The Kier molecular flexibility index (Phi) is 3.74. The third-order valence-electron chi connectivity index (χ3n) is 3.39. The van der Waals surface area contributed by atoms with Gasteiger partial charge in [-0.2, -0.15) is 9.57 Å². The number of carboxylic acid groups (broad SMARTS) is 1. The molecule has 1 aliphatic rings. The molecule has 0 radical (unpaired) electrons. The normalized spacial score (nSPS) is 23.4. The van der Waals surface area contributed by atoms with E-state index in [4.69, 9.17) is 10.4 Å². The number of rotatable bonds is 3. The predicted octanol–water partition coefficient (Wildman–Crippen LogP) is 0.294. The highest BCUT2D eigenvalue weighted by atomic mass is 32.2. The van der Waals surface area contributed by atoms with Crippen LogP contribution >= 0.6 is 0 Å². The van der Waals surface area contributed by atoms with Crippen molar-refractivity contribution in [2.24, 2.45) is 11.8 Å². The fourth-order valence-corrected chi connectivity index (χ4v) is 3.92. The van der Waals surface area contributed by atoms with E-state index in [1.807, 2.05) is 0 Å². The standard InChI is InChI=1S/C12H13N3O4S/c1-8-6-15(7-9(8)12(16)17)20(18,19)11-3-2-4-14-10(11)5-13/h2-4,8-9H,6-7H2,1H3,(H,16,17). The molecule has 0 bridgehead atoms. The van der Waals surface area contributed by atoms with E-state index in [1.54, 1.807) is 13.0 Å². The number of aromatic nitrogens is 1. The Bertz CT molecular complexity index is 680. The largest absolute Gasteiger partial charge is 0.481 e. The minimum absolute atomic E-state index is 0.0847. The Morgan fingerprint density at radius 3 is 2.80 bits per heavy atom. The maximum absolute atomic E-state index is 12.5. The molecule has 1 aromatic heterocycles. The molecular formula is C12H13N3O4S.